The number of rotatable bonds is 8. The second-order valence-electron chi connectivity index (χ2n) is 6.10. The third-order valence-electron chi connectivity index (χ3n) is 3.69. The normalized spacial score (nSPS) is 11.3. The van der Waals surface area contributed by atoms with E-state index in [-0.39, 0.29) is 0 Å². The average Bonchev–Trinajstić information content (AvgIpc) is 2.48. The highest BCUT2D eigenvalue weighted by Gasteiger charge is 2.07. The number of nitrogens with zero attached hydrogens (tertiary/aromatic N) is 2. The zero-order valence-corrected chi connectivity index (χ0v) is 13.7. The van der Waals surface area contributed by atoms with Gasteiger partial charge in [0.2, 0.25) is 0 Å². The molecule has 3 heteroatoms. The molecule has 0 heterocycles. The van der Waals surface area contributed by atoms with Crippen molar-refractivity contribution in [3.8, 4) is 0 Å². The van der Waals surface area contributed by atoms with Gasteiger partial charge in [0.15, 0.2) is 0 Å². The standard InChI is InChI=1S/C19H25BN2/c1-21(2)12-7-13-22(15-17-8-4-3-5-9-17)16-18-10-6-11-19(20)14-18/h3-6,8-11,14H,7,12-13,15-16H2,1-2H3. The Morgan fingerprint density at radius 1 is 0.818 bits per heavy atom. The van der Waals surface area contributed by atoms with Crippen molar-refractivity contribution in [2.45, 2.75) is 19.5 Å². The minimum Gasteiger partial charge on any atom is -0.309 e. The topological polar surface area (TPSA) is 6.48 Å². The van der Waals surface area contributed by atoms with Crippen LogP contribution in [0.3, 0.4) is 0 Å². The summed E-state index contributed by atoms with van der Waals surface area (Å²) >= 11 is 0. The van der Waals surface area contributed by atoms with E-state index in [1.165, 1.54) is 17.5 Å². The highest BCUT2D eigenvalue weighted by molar-refractivity contribution is 6.32. The molecule has 2 nitrogen and oxygen atoms in total. The van der Waals surface area contributed by atoms with Crippen molar-refractivity contribution in [3.05, 3.63) is 65.7 Å². The van der Waals surface area contributed by atoms with Crippen LogP contribution in [0.4, 0.5) is 0 Å². The lowest BCUT2D eigenvalue weighted by Gasteiger charge is -2.23. The fraction of sp³-hybridized carbons (Fsp3) is 0.368. The van der Waals surface area contributed by atoms with Crippen LogP contribution in [0.1, 0.15) is 17.5 Å². The van der Waals surface area contributed by atoms with E-state index in [2.05, 4.69) is 66.4 Å². The van der Waals surface area contributed by atoms with Gasteiger partial charge in [-0.3, -0.25) is 4.90 Å². The monoisotopic (exact) mass is 292 g/mol. The predicted molar refractivity (Wildman–Crippen MR) is 95.6 cm³/mol. The quantitative estimate of drug-likeness (QED) is 0.690. The van der Waals surface area contributed by atoms with Crippen LogP contribution in [0.5, 0.6) is 0 Å². The largest absolute Gasteiger partial charge is 0.309 e. The maximum absolute atomic E-state index is 5.90. The lowest BCUT2D eigenvalue weighted by Crippen LogP contribution is -2.27. The molecule has 0 saturated carbocycles. The minimum absolute atomic E-state index is 0.838. The van der Waals surface area contributed by atoms with Crippen LogP contribution in [0.2, 0.25) is 0 Å². The van der Waals surface area contributed by atoms with Crippen LogP contribution in [0.25, 0.3) is 0 Å². The highest BCUT2D eigenvalue weighted by atomic mass is 15.1. The molecule has 114 valence electrons. The second kappa shape index (κ2) is 8.77. The smallest absolute Gasteiger partial charge is 0.113 e. The average molecular weight is 292 g/mol. The van der Waals surface area contributed by atoms with Gasteiger partial charge in [0.25, 0.3) is 0 Å². The fourth-order valence-electron chi connectivity index (χ4n) is 2.62. The van der Waals surface area contributed by atoms with Gasteiger partial charge in [-0.1, -0.05) is 60.1 Å². The summed E-state index contributed by atoms with van der Waals surface area (Å²) in [5.74, 6) is 0. The maximum atomic E-state index is 5.90. The molecule has 0 saturated heterocycles. The van der Waals surface area contributed by atoms with Crippen molar-refractivity contribution in [2.24, 2.45) is 0 Å². The molecule has 0 aliphatic carbocycles. The third kappa shape index (κ3) is 6.04. The highest BCUT2D eigenvalue weighted by Crippen LogP contribution is 2.10. The SMILES string of the molecule is [B]c1cccc(CN(CCCN(C)C)Cc2ccccc2)c1. The molecular formula is C19H25BN2. The van der Waals surface area contributed by atoms with Crippen LogP contribution in [-0.4, -0.2) is 44.8 Å². The molecule has 0 fully saturated rings. The summed E-state index contributed by atoms with van der Waals surface area (Å²) in [5, 5.41) is 0. The van der Waals surface area contributed by atoms with Gasteiger partial charge in [0, 0.05) is 19.6 Å². The summed E-state index contributed by atoms with van der Waals surface area (Å²) in [5.41, 5.74) is 3.47. The van der Waals surface area contributed by atoms with E-state index in [1.54, 1.807) is 0 Å². The summed E-state index contributed by atoms with van der Waals surface area (Å²) in [7, 11) is 10.2. The first kappa shape index (κ1) is 16.8. The summed E-state index contributed by atoms with van der Waals surface area (Å²) in [6, 6.07) is 18.9. The van der Waals surface area contributed by atoms with Crippen LogP contribution in [-0.2, 0) is 13.1 Å². The molecule has 0 aliphatic rings. The Morgan fingerprint density at radius 2 is 1.50 bits per heavy atom. The van der Waals surface area contributed by atoms with Crippen molar-refractivity contribution in [1.82, 2.24) is 9.80 Å². The van der Waals surface area contributed by atoms with Crippen molar-refractivity contribution in [3.63, 3.8) is 0 Å². The summed E-state index contributed by atoms with van der Waals surface area (Å²) in [6.45, 7) is 4.11. The molecule has 0 aliphatic heterocycles. The van der Waals surface area contributed by atoms with Crippen molar-refractivity contribution in [2.75, 3.05) is 27.2 Å². The van der Waals surface area contributed by atoms with Crippen molar-refractivity contribution >= 4 is 13.3 Å². The molecular weight excluding hydrogens is 267 g/mol. The Morgan fingerprint density at radius 3 is 2.18 bits per heavy atom. The van der Waals surface area contributed by atoms with Crippen LogP contribution >= 0.6 is 0 Å². The Labute approximate surface area is 136 Å². The maximum Gasteiger partial charge on any atom is 0.113 e. The lowest BCUT2D eigenvalue weighted by molar-refractivity contribution is 0.240. The van der Waals surface area contributed by atoms with E-state index < -0.39 is 0 Å². The fourth-order valence-corrected chi connectivity index (χ4v) is 2.62. The van der Waals surface area contributed by atoms with Gasteiger partial charge in [-0.05, 0) is 38.2 Å². The minimum atomic E-state index is 0.838. The third-order valence-corrected chi connectivity index (χ3v) is 3.69. The van der Waals surface area contributed by atoms with Gasteiger partial charge < -0.3 is 4.90 Å². The van der Waals surface area contributed by atoms with Gasteiger partial charge >= 0.3 is 0 Å². The van der Waals surface area contributed by atoms with E-state index in [0.29, 0.717) is 0 Å². The molecule has 0 N–H and O–H groups in total. The molecule has 0 unspecified atom stereocenters. The van der Waals surface area contributed by atoms with E-state index in [9.17, 15) is 0 Å². The summed E-state index contributed by atoms with van der Waals surface area (Å²) < 4.78 is 0. The van der Waals surface area contributed by atoms with Crippen molar-refractivity contribution in [1.29, 1.82) is 0 Å². The molecule has 0 atom stereocenters. The van der Waals surface area contributed by atoms with Gasteiger partial charge in [-0.2, -0.15) is 0 Å². The van der Waals surface area contributed by atoms with Crippen LogP contribution in [0.15, 0.2) is 54.6 Å². The molecule has 2 aromatic carbocycles. The molecule has 2 radical (unpaired) electrons. The molecule has 2 rings (SSSR count). The zero-order valence-electron chi connectivity index (χ0n) is 13.7. The van der Waals surface area contributed by atoms with E-state index in [4.69, 9.17) is 7.85 Å². The number of hydrogen-bond acceptors (Lipinski definition) is 2. The molecule has 0 bridgehead atoms. The van der Waals surface area contributed by atoms with E-state index in [0.717, 1.165) is 31.6 Å². The van der Waals surface area contributed by atoms with Gasteiger partial charge in [0.05, 0.1) is 0 Å². The lowest BCUT2D eigenvalue weighted by atomic mass is 9.94. The Hall–Kier alpha value is -1.58. The first-order chi connectivity index (χ1) is 10.6. The molecule has 0 aromatic heterocycles. The summed E-state index contributed by atoms with van der Waals surface area (Å²) in [6.07, 6.45) is 1.17. The number of hydrogen-bond donors (Lipinski definition) is 0. The summed E-state index contributed by atoms with van der Waals surface area (Å²) in [4.78, 5) is 4.73. The molecule has 0 amide bonds. The first-order valence-corrected chi connectivity index (χ1v) is 7.89. The Bertz CT molecular complexity index is 554. The second-order valence-corrected chi connectivity index (χ2v) is 6.10. The van der Waals surface area contributed by atoms with Gasteiger partial charge in [-0.25, -0.2) is 0 Å². The first-order valence-electron chi connectivity index (χ1n) is 7.89. The van der Waals surface area contributed by atoms with Crippen LogP contribution in [0, 0.1) is 0 Å². The van der Waals surface area contributed by atoms with Gasteiger partial charge in [0.1, 0.15) is 7.85 Å². The van der Waals surface area contributed by atoms with E-state index in [1.807, 2.05) is 12.1 Å². The molecule has 22 heavy (non-hydrogen) atoms. The zero-order chi connectivity index (χ0) is 15.8. The predicted octanol–water partition coefficient (Wildman–Crippen LogP) is 2.43. The van der Waals surface area contributed by atoms with Crippen molar-refractivity contribution < 1.29 is 0 Å². The Kier molecular flexibility index (Phi) is 6.69. The number of benzene rings is 2. The molecule has 2 aromatic rings. The van der Waals surface area contributed by atoms with Crippen LogP contribution < -0.4 is 5.46 Å². The van der Waals surface area contributed by atoms with Gasteiger partial charge in [-0.15, -0.1) is 0 Å². The Balaban J connectivity index is 2.00. The van der Waals surface area contributed by atoms with E-state index >= 15 is 0 Å². The molecule has 0 spiro atoms.